The zero-order chi connectivity index (χ0) is 20.8. The van der Waals surface area contributed by atoms with E-state index in [1.165, 1.54) is 16.8 Å². The summed E-state index contributed by atoms with van der Waals surface area (Å²) < 4.78 is 6.20. The van der Waals surface area contributed by atoms with Crippen LogP contribution in [0.5, 0.6) is 5.75 Å². The third-order valence-corrected chi connectivity index (χ3v) is 4.51. The maximum atomic E-state index is 9.10. The van der Waals surface area contributed by atoms with E-state index < -0.39 is 11.9 Å². The summed E-state index contributed by atoms with van der Waals surface area (Å²) in [5.41, 5.74) is 3.73. The molecule has 0 saturated carbocycles. The first kappa shape index (κ1) is 20.2. The molecular weight excluding hydrogens is 374 g/mol. The van der Waals surface area contributed by atoms with Gasteiger partial charge in [0.15, 0.2) is 6.10 Å². The van der Waals surface area contributed by atoms with Gasteiger partial charge in [-0.05, 0) is 30.2 Å². The van der Waals surface area contributed by atoms with Crippen molar-refractivity contribution >= 4 is 23.5 Å². The van der Waals surface area contributed by atoms with E-state index in [0.29, 0.717) is 0 Å². The highest BCUT2D eigenvalue weighted by Gasteiger charge is 2.30. The molecular formula is C21H23N3O5. The maximum Gasteiger partial charge on any atom is 0.414 e. The van der Waals surface area contributed by atoms with E-state index in [9.17, 15) is 0 Å². The van der Waals surface area contributed by atoms with Crippen molar-refractivity contribution in [2.24, 2.45) is 4.99 Å². The summed E-state index contributed by atoms with van der Waals surface area (Å²) in [6, 6.07) is 17.0. The molecule has 0 saturated heterocycles. The van der Waals surface area contributed by atoms with Gasteiger partial charge in [-0.2, -0.15) is 0 Å². The maximum absolute atomic E-state index is 9.10. The van der Waals surface area contributed by atoms with Crippen molar-refractivity contribution in [3.05, 3.63) is 59.7 Å². The summed E-state index contributed by atoms with van der Waals surface area (Å²) in [6.45, 7) is 5.57. The number of anilines is 1. The average Bonchev–Trinajstić information content (AvgIpc) is 3.24. The molecule has 0 radical (unpaired) electrons. The van der Waals surface area contributed by atoms with Crippen LogP contribution in [0.2, 0.25) is 0 Å². The molecule has 2 aliphatic rings. The number of carboxylic acids is 2. The summed E-state index contributed by atoms with van der Waals surface area (Å²) in [5, 5.41) is 18.1. The van der Waals surface area contributed by atoms with Crippen LogP contribution in [0.4, 0.5) is 5.69 Å². The number of aliphatic carboxylic acids is 2. The van der Waals surface area contributed by atoms with Gasteiger partial charge in [-0.15, -0.1) is 0 Å². The number of hydrogen-bond donors (Lipinski definition) is 3. The Bertz CT molecular complexity index is 902. The van der Waals surface area contributed by atoms with Gasteiger partial charge in [-0.25, -0.2) is 9.59 Å². The summed E-state index contributed by atoms with van der Waals surface area (Å²) in [4.78, 5) is 25.1. The predicted molar refractivity (Wildman–Crippen MR) is 109 cm³/mol. The Morgan fingerprint density at radius 1 is 1.17 bits per heavy atom. The van der Waals surface area contributed by atoms with Crippen molar-refractivity contribution < 1.29 is 24.5 Å². The topological polar surface area (TPSA) is 111 Å². The summed E-state index contributed by atoms with van der Waals surface area (Å²) >= 11 is 0. The lowest BCUT2D eigenvalue weighted by Gasteiger charge is -2.36. The molecule has 0 amide bonds. The minimum Gasteiger partial charge on any atom is -0.478 e. The van der Waals surface area contributed by atoms with E-state index in [1.807, 2.05) is 0 Å². The van der Waals surface area contributed by atoms with E-state index in [1.54, 1.807) is 0 Å². The number of aliphatic imine (C=N–C) groups is 1. The highest BCUT2D eigenvalue weighted by atomic mass is 16.5. The van der Waals surface area contributed by atoms with Gasteiger partial charge < -0.3 is 25.2 Å². The fourth-order valence-electron chi connectivity index (χ4n) is 3.19. The third kappa shape index (κ3) is 5.25. The number of carboxylic acid groups (broad SMARTS) is 2. The number of nitrogens with zero attached hydrogens (tertiary/aromatic N) is 2. The van der Waals surface area contributed by atoms with E-state index >= 15 is 0 Å². The number of fused-ring (bicyclic) bond motifs is 1. The van der Waals surface area contributed by atoms with Gasteiger partial charge in [0, 0.05) is 13.1 Å². The lowest BCUT2D eigenvalue weighted by Crippen LogP contribution is -2.47. The number of nitrogens with one attached hydrogen (secondary N) is 1. The average molecular weight is 397 g/mol. The highest BCUT2D eigenvalue weighted by molar-refractivity contribution is 6.27. The number of ether oxygens (including phenoxy) is 1. The minimum atomic E-state index is -1.82. The number of aryl methyl sites for hydroxylation is 1. The molecule has 0 fully saturated rings. The fraction of sp³-hybridized carbons (Fsp3) is 0.286. The lowest BCUT2D eigenvalue weighted by atomic mass is 10.1. The van der Waals surface area contributed by atoms with E-state index in [4.69, 9.17) is 24.5 Å². The molecule has 8 nitrogen and oxygen atoms in total. The Morgan fingerprint density at radius 3 is 2.52 bits per heavy atom. The van der Waals surface area contributed by atoms with E-state index in [2.05, 4.69) is 70.7 Å². The van der Waals surface area contributed by atoms with Crippen LogP contribution in [0.25, 0.3) is 0 Å². The van der Waals surface area contributed by atoms with Crippen LogP contribution in [0, 0.1) is 6.92 Å². The standard InChI is InChI=1S/C19H21N3O.C2H2O4/c1-14-7-8-17-16(11-14)22(12-15-5-3-2-4-6-15)13-18(23-17)19-20-9-10-21-19;3-1(4)2(5)6/h2-8,11,18H,9-10,12-13H2,1H3,(H,20,21);(H,3,4)(H,5,6). The van der Waals surface area contributed by atoms with Crippen molar-refractivity contribution in [1.29, 1.82) is 0 Å². The molecule has 2 aliphatic heterocycles. The van der Waals surface area contributed by atoms with Gasteiger partial charge in [0.2, 0.25) is 0 Å². The van der Waals surface area contributed by atoms with Crippen molar-refractivity contribution in [2.45, 2.75) is 19.6 Å². The van der Waals surface area contributed by atoms with Crippen molar-refractivity contribution in [3.63, 3.8) is 0 Å². The van der Waals surface area contributed by atoms with Crippen LogP contribution in [0.1, 0.15) is 11.1 Å². The molecule has 0 aliphatic carbocycles. The quantitative estimate of drug-likeness (QED) is 0.679. The monoisotopic (exact) mass is 397 g/mol. The number of hydrogen-bond acceptors (Lipinski definition) is 6. The molecule has 0 spiro atoms. The largest absolute Gasteiger partial charge is 0.478 e. The first-order valence-electron chi connectivity index (χ1n) is 9.24. The molecule has 1 atom stereocenters. The van der Waals surface area contributed by atoms with Crippen LogP contribution >= 0.6 is 0 Å². The molecule has 29 heavy (non-hydrogen) atoms. The SMILES string of the molecule is Cc1ccc2c(c1)N(Cc1ccccc1)CC(C1=NCCN1)O2.O=C(O)C(=O)O. The van der Waals surface area contributed by atoms with Crippen LogP contribution in [-0.2, 0) is 16.1 Å². The Labute approximate surface area is 168 Å². The van der Waals surface area contributed by atoms with Crippen molar-refractivity contribution in [2.75, 3.05) is 24.5 Å². The number of carbonyl (C=O) groups is 2. The molecule has 2 aromatic rings. The second-order valence-corrected chi connectivity index (χ2v) is 6.75. The molecule has 4 rings (SSSR count). The van der Waals surface area contributed by atoms with Crippen LogP contribution in [0.3, 0.4) is 0 Å². The Kier molecular flexibility index (Phi) is 6.33. The van der Waals surface area contributed by atoms with E-state index in [-0.39, 0.29) is 6.10 Å². The Balaban J connectivity index is 0.000000353. The fourth-order valence-corrected chi connectivity index (χ4v) is 3.19. The number of amidine groups is 1. The van der Waals surface area contributed by atoms with Crippen molar-refractivity contribution in [3.8, 4) is 5.75 Å². The minimum absolute atomic E-state index is 0.0172. The predicted octanol–water partition coefficient (Wildman–Crippen LogP) is 1.92. The van der Waals surface area contributed by atoms with Crippen LogP contribution < -0.4 is 15.0 Å². The van der Waals surface area contributed by atoms with Crippen LogP contribution in [0.15, 0.2) is 53.5 Å². The molecule has 152 valence electrons. The van der Waals surface area contributed by atoms with Gasteiger partial charge in [-0.3, -0.25) is 4.99 Å². The van der Waals surface area contributed by atoms with Crippen LogP contribution in [-0.4, -0.2) is 53.7 Å². The highest BCUT2D eigenvalue weighted by Crippen LogP contribution is 2.35. The molecule has 2 heterocycles. The first-order valence-corrected chi connectivity index (χ1v) is 9.24. The summed E-state index contributed by atoms with van der Waals surface area (Å²) in [5.74, 6) is -1.72. The second kappa shape index (κ2) is 9.09. The van der Waals surface area contributed by atoms with Gasteiger partial charge in [-0.1, -0.05) is 36.4 Å². The van der Waals surface area contributed by atoms with Gasteiger partial charge in [0.1, 0.15) is 11.6 Å². The zero-order valence-corrected chi connectivity index (χ0v) is 16.0. The zero-order valence-electron chi connectivity index (χ0n) is 16.0. The summed E-state index contributed by atoms with van der Waals surface area (Å²) in [6.07, 6.45) is -0.0172. The molecule has 8 heteroatoms. The number of benzene rings is 2. The number of rotatable bonds is 3. The second-order valence-electron chi connectivity index (χ2n) is 6.75. The molecule has 0 bridgehead atoms. The van der Waals surface area contributed by atoms with Gasteiger partial charge in [0.25, 0.3) is 0 Å². The summed E-state index contributed by atoms with van der Waals surface area (Å²) in [7, 11) is 0. The molecule has 0 aromatic heterocycles. The normalized spacial score (nSPS) is 17.1. The third-order valence-electron chi connectivity index (χ3n) is 4.51. The van der Waals surface area contributed by atoms with Gasteiger partial charge >= 0.3 is 11.9 Å². The molecule has 2 aromatic carbocycles. The van der Waals surface area contributed by atoms with E-state index in [0.717, 1.165) is 37.8 Å². The Morgan fingerprint density at radius 2 is 1.90 bits per heavy atom. The lowest BCUT2D eigenvalue weighted by molar-refractivity contribution is -0.159. The van der Waals surface area contributed by atoms with Gasteiger partial charge in [0.05, 0.1) is 18.8 Å². The molecule has 1 unspecified atom stereocenters. The molecule has 3 N–H and O–H groups in total. The smallest absolute Gasteiger partial charge is 0.414 e. The van der Waals surface area contributed by atoms with Crippen molar-refractivity contribution in [1.82, 2.24) is 5.32 Å². The first-order chi connectivity index (χ1) is 13.9. The Hall–Kier alpha value is -3.55.